The van der Waals surface area contributed by atoms with Gasteiger partial charge in [-0.2, -0.15) is 0 Å². The van der Waals surface area contributed by atoms with Gasteiger partial charge in [0.25, 0.3) is 0 Å². The Morgan fingerprint density at radius 2 is 2.10 bits per heavy atom. The average molecular weight is 283 g/mol. The normalized spacial score (nSPS) is 31.6. The molecule has 20 heavy (non-hydrogen) atoms. The summed E-state index contributed by atoms with van der Waals surface area (Å²) in [6.45, 7) is 4.71. The van der Waals surface area contributed by atoms with Gasteiger partial charge < -0.3 is 19.7 Å². The zero-order valence-corrected chi connectivity index (χ0v) is 11.5. The van der Waals surface area contributed by atoms with Crippen LogP contribution >= 0.6 is 0 Å². The largest absolute Gasteiger partial charge is 0.378 e. The van der Waals surface area contributed by atoms with Crippen molar-refractivity contribution in [3.05, 3.63) is 0 Å². The molecule has 0 aromatic carbocycles. The van der Waals surface area contributed by atoms with Crippen LogP contribution in [0.1, 0.15) is 6.42 Å². The lowest BCUT2D eigenvalue weighted by atomic mass is 10.0. The first-order chi connectivity index (χ1) is 9.72. The van der Waals surface area contributed by atoms with Crippen LogP contribution in [-0.4, -0.2) is 86.3 Å². The van der Waals surface area contributed by atoms with E-state index < -0.39 is 0 Å². The first kappa shape index (κ1) is 13.8. The average Bonchev–Trinajstić information content (AvgIpc) is 2.47. The quantitative estimate of drug-likeness (QED) is 0.663. The molecule has 3 heterocycles. The maximum atomic E-state index is 12.2. The monoisotopic (exact) mass is 283 g/mol. The SMILES string of the molecule is O=C1CO[C@@H]2CCN(CC(=O)N3CCOCC3)C[C@@H]2N1. The summed E-state index contributed by atoms with van der Waals surface area (Å²) in [5.41, 5.74) is 0. The van der Waals surface area contributed by atoms with E-state index in [2.05, 4.69) is 10.2 Å². The van der Waals surface area contributed by atoms with E-state index in [1.165, 1.54) is 0 Å². The van der Waals surface area contributed by atoms with Gasteiger partial charge in [0.15, 0.2) is 0 Å². The van der Waals surface area contributed by atoms with Crippen molar-refractivity contribution in [1.29, 1.82) is 0 Å². The predicted octanol–water partition coefficient (Wildman–Crippen LogP) is -1.57. The lowest BCUT2D eigenvalue weighted by molar-refractivity contribution is -0.142. The maximum Gasteiger partial charge on any atom is 0.246 e. The molecule has 3 saturated heterocycles. The number of hydrogen-bond acceptors (Lipinski definition) is 5. The summed E-state index contributed by atoms with van der Waals surface area (Å²) in [4.78, 5) is 27.5. The van der Waals surface area contributed by atoms with Gasteiger partial charge in [0.2, 0.25) is 11.8 Å². The number of carbonyl (C=O) groups excluding carboxylic acids is 2. The molecular formula is C13H21N3O4. The Balaban J connectivity index is 1.50. The van der Waals surface area contributed by atoms with Gasteiger partial charge in [-0.1, -0.05) is 0 Å². The van der Waals surface area contributed by atoms with Crippen molar-refractivity contribution in [3.63, 3.8) is 0 Å². The number of hydrogen-bond donors (Lipinski definition) is 1. The van der Waals surface area contributed by atoms with Gasteiger partial charge in [-0.05, 0) is 6.42 Å². The molecule has 0 aromatic rings. The van der Waals surface area contributed by atoms with E-state index in [0.29, 0.717) is 39.4 Å². The Labute approximate surface area is 118 Å². The van der Waals surface area contributed by atoms with Crippen molar-refractivity contribution in [2.45, 2.75) is 18.6 Å². The Bertz CT molecular complexity index is 384. The number of morpholine rings is 2. The molecule has 3 fully saturated rings. The zero-order chi connectivity index (χ0) is 13.9. The molecule has 0 bridgehead atoms. The second kappa shape index (κ2) is 6.07. The molecule has 112 valence electrons. The molecule has 2 atom stereocenters. The summed E-state index contributed by atoms with van der Waals surface area (Å²) in [6.07, 6.45) is 0.962. The molecule has 0 aliphatic carbocycles. The molecule has 3 aliphatic rings. The third-order valence-electron chi connectivity index (χ3n) is 4.13. The van der Waals surface area contributed by atoms with Crippen LogP contribution in [0.4, 0.5) is 0 Å². The predicted molar refractivity (Wildman–Crippen MR) is 70.1 cm³/mol. The minimum Gasteiger partial charge on any atom is -0.378 e. The molecule has 0 saturated carbocycles. The minimum atomic E-state index is -0.0624. The highest BCUT2D eigenvalue weighted by molar-refractivity contribution is 5.79. The first-order valence-electron chi connectivity index (χ1n) is 7.21. The number of likely N-dealkylation sites (tertiary alicyclic amines) is 1. The molecule has 0 aromatic heterocycles. The standard InChI is InChI=1S/C13H21N3O4/c17-12-9-20-11-1-2-15(7-10(11)14-12)8-13(18)16-3-5-19-6-4-16/h10-11H,1-9H2,(H,14,17)/t10-,11+/m0/s1. The number of piperidine rings is 1. The molecule has 0 spiro atoms. The van der Waals surface area contributed by atoms with Crippen molar-refractivity contribution in [2.75, 3.05) is 52.5 Å². The summed E-state index contributed by atoms with van der Waals surface area (Å²) in [5.74, 6) is 0.0856. The van der Waals surface area contributed by atoms with Crippen LogP contribution in [0.15, 0.2) is 0 Å². The van der Waals surface area contributed by atoms with Crippen LogP contribution < -0.4 is 5.32 Å². The van der Waals surface area contributed by atoms with E-state index in [4.69, 9.17) is 9.47 Å². The van der Waals surface area contributed by atoms with E-state index >= 15 is 0 Å². The van der Waals surface area contributed by atoms with E-state index in [1.54, 1.807) is 0 Å². The number of amides is 2. The maximum absolute atomic E-state index is 12.2. The summed E-state index contributed by atoms with van der Waals surface area (Å²) >= 11 is 0. The highest BCUT2D eigenvalue weighted by atomic mass is 16.5. The fourth-order valence-electron chi connectivity index (χ4n) is 3.01. The van der Waals surface area contributed by atoms with Crippen LogP contribution in [0.3, 0.4) is 0 Å². The third-order valence-corrected chi connectivity index (χ3v) is 4.13. The molecule has 7 nitrogen and oxygen atoms in total. The van der Waals surface area contributed by atoms with Crippen LogP contribution in [0, 0.1) is 0 Å². The lowest BCUT2D eigenvalue weighted by Gasteiger charge is -2.41. The van der Waals surface area contributed by atoms with Gasteiger partial charge in [-0.25, -0.2) is 0 Å². The zero-order valence-electron chi connectivity index (χ0n) is 11.5. The van der Waals surface area contributed by atoms with Crippen LogP contribution in [0.5, 0.6) is 0 Å². The van der Waals surface area contributed by atoms with Gasteiger partial charge in [0.1, 0.15) is 6.61 Å². The van der Waals surface area contributed by atoms with Crippen molar-refractivity contribution >= 4 is 11.8 Å². The molecule has 3 aliphatic heterocycles. The van der Waals surface area contributed by atoms with E-state index in [0.717, 1.165) is 13.0 Å². The van der Waals surface area contributed by atoms with E-state index in [9.17, 15) is 9.59 Å². The van der Waals surface area contributed by atoms with Gasteiger partial charge >= 0.3 is 0 Å². The summed E-state index contributed by atoms with van der Waals surface area (Å²) in [7, 11) is 0. The number of fused-ring (bicyclic) bond motifs is 1. The highest BCUT2D eigenvalue weighted by Crippen LogP contribution is 2.17. The molecule has 3 rings (SSSR count). The highest BCUT2D eigenvalue weighted by Gasteiger charge is 2.35. The molecule has 0 radical (unpaired) electrons. The Morgan fingerprint density at radius 1 is 1.30 bits per heavy atom. The van der Waals surface area contributed by atoms with E-state index in [1.807, 2.05) is 4.90 Å². The van der Waals surface area contributed by atoms with Crippen LogP contribution in [-0.2, 0) is 19.1 Å². The minimum absolute atomic E-state index is 0.0162. The number of nitrogens with one attached hydrogen (secondary N) is 1. The second-order valence-electron chi connectivity index (χ2n) is 5.54. The first-order valence-corrected chi connectivity index (χ1v) is 7.21. The van der Waals surface area contributed by atoms with Gasteiger partial charge in [-0.15, -0.1) is 0 Å². The van der Waals surface area contributed by atoms with E-state index in [-0.39, 0.29) is 30.6 Å². The second-order valence-corrected chi connectivity index (χ2v) is 5.54. The van der Waals surface area contributed by atoms with Crippen molar-refractivity contribution in [3.8, 4) is 0 Å². The van der Waals surface area contributed by atoms with Crippen molar-refractivity contribution < 1.29 is 19.1 Å². The van der Waals surface area contributed by atoms with Gasteiger partial charge in [-0.3, -0.25) is 14.5 Å². The number of carbonyl (C=O) groups is 2. The Morgan fingerprint density at radius 3 is 2.90 bits per heavy atom. The van der Waals surface area contributed by atoms with Crippen molar-refractivity contribution in [1.82, 2.24) is 15.1 Å². The van der Waals surface area contributed by atoms with Crippen molar-refractivity contribution in [2.24, 2.45) is 0 Å². The topological polar surface area (TPSA) is 71.1 Å². The Hall–Kier alpha value is -1.18. The molecule has 1 N–H and O–H groups in total. The third kappa shape index (κ3) is 3.11. The lowest BCUT2D eigenvalue weighted by Crippen LogP contribution is -2.61. The molecule has 0 unspecified atom stereocenters. The number of nitrogens with zero attached hydrogens (tertiary/aromatic N) is 2. The molecule has 7 heteroatoms. The fourth-order valence-corrected chi connectivity index (χ4v) is 3.01. The smallest absolute Gasteiger partial charge is 0.246 e. The summed E-state index contributed by atoms with van der Waals surface area (Å²) in [5, 5.41) is 2.95. The number of rotatable bonds is 2. The summed E-state index contributed by atoms with van der Waals surface area (Å²) in [6, 6.07) is 0.0162. The van der Waals surface area contributed by atoms with Gasteiger partial charge in [0.05, 0.1) is 31.9 Å². The number of ether oxygens (including phenoxy) is 2. The van der Waals surface area contributed by atoms with Crippen LogP contribution in [0.25, 0.3) is 0 Å². The van der Waals surface area contributed by atoms with Gasteiger partial charge in [0, 0.05) is 26.2 Å². The van der Waals surface area contributed by atoms with Crippen LogP contribution in [0.2, 0.25) is 0 Å². The molecule has 2 amide bonds. The fraction of sp³-hybridized carbons (Fsp3) is 0.846. The summed E-state index contributed by atoms with van der Waals surface area (Å²) < 4.78 is 10.8. The molecular weight excluding hydrogens is 262 g/mol. The Kier molecular flexibility index (Phi) is 4.18.